The van der Waals surface area contributed by atoms with E-state index in [1.807, 2.05) is 0 Å². The molecule has 2 heterocycles. The first-order valence-corrected chi connectivity index (χ1v) is 5.64. The molecule has 0 aliphatic heterocycles. The summed E-state index contributed by atoms with van der Waals surface area (Å²) in [4.78, 5) is 14.9. The standard InChI is InChI=1S/C8H10N4O4S/c13-4-5(14)3-9-6-7(12(15)16)11-1-2-17-8(11)10-6/h1-2,5,9,13-14H,3-4H2. The molecule has 92 valence electrons. The molecule has 0 saturated heterocycles. The molecule has 0 fully saturated rings. The van der Waals surface area contributed by atoms with E-state index in [4.69, 9.17) is 10.2 Å². The minimum Gasteiger partial charge on any atom is -0.394 e. The Hall–Kier alpha value is -1.71. The van der Waals surface area contributed by atoms with Gasteiger partial charge in [-0.25, -0.2) is 0 Å². The van der Waals surface area contributed by atoms with Crippen molar-refractivity contribution in [3.05, 3.63) is 21.7 Å². The fourth-order valence-corrected chi connectivity index (χ4v) is 2.06. The van der Waals surface area contributed by atoms with E-state index in [-0.39, 0.29) is 18.2 Å². The number of thiazole rings is 1. The molecule has 0 aromatic carbocycles. The van der Waals surface area contributed by atoms with Gasteiger partial charge in [-0.05, 0) is 4.92 Å². The fraction of sp³-hybridized carbons (Fsp3) is 0.375. The van der Waals surface area contributed by atoms with Crippen LogP contribution in [0.3, 0.4) is 0 Å². The Morgan fingerprint density at radius 1 is 1.71 bits per heavy atom. The summed E-state index contributed by atoms with van der Waals surface area (Å²) in [7, 11) is 0. The van der Waals surface area contributed by atoms with E-state index in [0.29, 0.717) is 4.96 Å². The average Bonchev–Trinajstić information content (AvgIpc) is 2.84. The monoisotopic (exact) mass is 258 g/mol. The van der Waals surface area contributed by atoms with Crippen molar-refractivity contribution >= 4 is 27.9 Å². The van der Waals surface area contributed by atoms with Crippen molar-refractivity contribution in [2.45, 2.75) is 6.10 Å². The molecule has 0 spiro atoms. The van der Waals surface area contributed by atoms with Crippen LogP contribution < -0.4 is 5.32 Å². The second-order valence-electron chi connectivity index (χ2n) is 3.31. The lowest BCUT2D eigenvalue weighted by Crippen LogP contribution is -2.23. The van der Waals surface area contributed by atoms with Crippen molar-refractivity contribution in [1.82, 2.24) is 9.38 Å². The minimum atomic E-state index is -0.977. The highest BCUT2D eigenvalue weighted by atomic mass is 32.1. The van der Waals surface area contributed by atoms with Crippen LogP contribution in [-0.2, 0) is 0 Å². The van der Waals surface area contributed by atoms with Crippen molar-refractivity contribution in [1.29, 1.82) is 0 Å². The highest BCUT2D eigenvalue weighted by Crippen LogP contribution is 2.27. The minimum absolute atomic E-state index is 0.00216. The molecule has 0 radical (unpaired) electrons. The Balaban J connectivity index is 2.29. The van der Waals surface area contributed by atoms with Gasteiger partial charge in [-0.3, -0.25) is 0 Å². The Kier molecular flexibility index (Phi) is 3.22. The molecule has 2 aromatic rings. The first kappa shape index (κ1) is 11.8. The van der Waals surface area contributed by atoms with Crippen LogP contribution in [0.15, 0.2) is 11.6 Å². The van der Waals surface area contributed by atoms with Gasteiger partial charge in [-0.15, -0.1) is 0 Å². The molecule has 1 atom stereocenters. The molecule has 9 heteroatoms. The number of aromatic nitrogens is 2. The van der Waals surface area contributed by atoms with Crippen LogP contribution >= 0.6 is 11.3 Å². The number of fused-ring (bicyclic) bond motifs is 1. The molecule has 0 bridgehead atoms. The molecule has 2 rings (SSSR count). The Bertz CT molecular complexity index is 537. The fourth-order valence-electron chi connectivity index (χ4n) is 1.35. The molecule has 3 N–H and O–H groups in total. The van der Waals surface area contributed by atoms with Gasteiger partial charge in [0, 0.05) is 11.9 Å². The maximum absolute atomic E-state index is 10.9. The van der Waals surface area contributed by atoms with Crippen LogP contribution in [0.2, 0.25) is 0 Å². The quantitative estimate of drug-likeness (QED) is 0.516. The molecule has 0 aliphatic rings. The van der Waals surface area contributed by atoms with E-state index in [2.05, 4.69) is 10.3 Å². The number of nitrogens with one attached hydrogen (secondary N) is 1. The van der Waals surface area contributed by atoms with E-state index >= 15 is 0 Å². The third kappa shape index (κ3) is 2.20. The average molecular weight is 258 g/mol. The van der Waals surface area contributed by atoms with Gasteiger partial charge in [0.15, 0.2) is 0 Å². The lowest BCUT2D eigenvalue weighted by molar-refractivity contribution is -0.389. The summed E-state index contributed by atoms with van der Waals surface area (Å²) in [5.74, 6) is -0.0826. The number of rotatable bonds is 5. The zero-order chi connectivity index (χ0) is 12.4. The van der Waals surface area contributed by atoms with Crippen LogP contribution in [0, 0.1) is 10.1 Å². The molecule has 17 heavy (non-hydrogen) atoms. The van der Waals surface area contributed by atoms with Crippen molar-refractivity contribution < 1.29 is 15.1 Å². The maximum Gasteiger partial charge on any atom is 0.372 e. The van der Waals surface area contributed by atoms with Crippen LogP contribution in [0.1, 0.15) is 0 Å². The molecule has 8 nitrogen and oxygen atoms in total. The van der Waals surface area contributed by atoms with Crippen LogP contribution in [0.5, 0.6) is 0 Å². The first-order chi connectivity index (χ1) is 8.13. The van der Waals surface area contributed by atoms with Gasteiger partial charge in [-0.2, -0.15) is 9.38 Å². The van der Waals surface area contributed by atoms with Crippen LogP contribution in [0.4, 0.5) is 11.6 Å². The Morgan fingerprint density at radius 3 is 3.12 bits per heavy atom. The number of hydrogen-bond acceptors (Lipinski definition) is 7. The number of aliphatic hydroxyl groups excluding tert-OH is 2. The SMILES string of the molecule is O=[N+]([O-])c1c(NCC(O)CO)nc2sccn12. The van der Waals surface area contributed by atoms with E-state index in [1.165, 1.54) is 15.7 Å². The molecule has 2 aromatic heterocycles. The topological polar surface area (TPSA) is 113 Å². The summed E-state index contributed by atoms with van der Waals surface area (Å²) in [5, 5.41) is 33.1. The number of aliphatic hydroxyl groups is 2. The Morgan fingerprint density at radius 2 is 2.47 bits per heavy atom. The predicted molar refractivity (Wildman–Crippen MR) is 61.3 cm³/mol. The van der Waals surface area contributed by atoms with Crippen molar-refractivity contribution in [3.8, 4) is 0 Å². The van der Waals surface area contributed by atoms with Gasteiger partial charge in [0.05, 0.1) is 12.7 Å². The second kappa shape index (κ2) is 4.65. The van der Waals surface area contributed by atoms with Gasteiger partial charge < -0.3 is 25.6 Å². The lowest BCUT2D eigenvalue weighted by atomic mass is 10.4. The molecule has 0 aliphatic carbocycles. The summed E-state index contributed by atoms with van der Waals surface area (Å²) in [6.45, 7) is -0.412. The summed E-state index contributed by atoms with van der Waals surface area (Å²) in [6.07, 6.45) is 0.577. The van der Waals surface area contributed by atoms with Gasteiger partial charge in [0.2, 0.25) is 5.82 Å². The van der Waals surface area contributed by atoms with Crippen molar-refractivity contribution in [2.75, 3.05) is 18.5 Å². The summed E-state index contributed by atoms with van der Waals surface area (Å²) in [6, 6.07) is 0. The first-order valence-electron chi connectivity index (χ1n) is 4.76. The highest BCUT2D eigenvalue weighted by molar-refractivity contribution is 7.15. The third-order valence-electron chi connectivity index (χ3n) is 2.13. The summed E-state index contributed by atoms with van der Waals surface area (Å²) in [5.41, 5.74) is 0. The Labute approximate surface area is 99.3 Å². The number of nitro groups is 1. The molecular weight excluding hydrogens is 248 g/mol. The number of nitrogens with zero attached hydrogens (tertiary/aromatic N) is 3. The van der Waals surface area contributed by atoms with Gasteiger partial charge in [0.25, 0.3) is 4.96 Å². The largest absolute Gasteiger partial charge is 0.394 e. The summed E-state index contributed by atoms with van der Waals surface area (Å²) >= 11 is 1.28. The normalized spacial score (nSPS) is 12.8. The number of hydrogen-bond donors (Lipinski definition) is 3. The molecule has 0 amide bonds. The lowest BCUT2D eigenvalue weighted by Gasteiger charge is -2.07. The predicted octanol–water partition coefficient (Wildman–Crippen LogP) is 0.0691. The second-order valence-corrected chi connectivity index (χ2v) is 4.19. The van der Waals surface area contributed by atoms with E-state index in [9.17, 15) is 10.1 Å². The van der Waals surface area contributed by atoms with Crippen molar-refractivity contribution in [3.63, 3.8) is 0 Å². The van der Waals surface area contributed by atoms with Gasteiger partial charge >= 0.3 is 5.82 Å². The van der Waals surface area contributed by atoms with Gasteiger partial charge in [-0.1, -0.05) is 11.3 Å². The third-order valence-corrected chi connectivity index (χ3v) is 2.88. The summed E-state index contributed by atoms with van der Waals surface area (Å²) < 4.78 is 1.36. The van der Waals surface area contributed by atoms with E-state index < -0.39 is 17.6 Å². The van der Waals surface area contributed by atoms with Crippen LogP contribution in [0.25, 0.3) is 4.96 Å². The number of anilines is 1. The van der Waals surface area contributed by atoms with Crippen LogP contribution in [-0.4, -0.2) is 43.8 Å². The van der Waals surface area contributed by atoms with Gasteiger partial charge in [0.1, 0.15) is 6.20 Å². The molecule has 0 saturated carbocycles. The molecular formula is C8H10N4O4S. The highest BCUT2D eigenvalue weighted by Gasteiger charge is 2.23. The maximum atomic E-state index is 10.9. The smallest absolute Gasteiger partial charge is 0.372 e. The van der Waals surface area contributed by atoms with Crippen molar-refractivity contribution in [2.24, 2.45) is 0 Å². The van der Waals surface area contributed by atoms with E-state index in [0.717, 1.165) is 0 Å². The molecule has 1 unspecified atom stereocenters. The zero-order valence-corrected chi connectivity index (χ0v) is 9.42. The van der Waals surface area contributed by atoms with E-state index in [1.54, 1.807) is 11.6 Å². The number of imidazole rings is 1. The zero-order valence-electron chi connectivity index (χ0n) is 8.61.